The summed E-state index contributed by atoms with van der Waals surface area (Å²) in [7, 11) is -0.972. The zero-order valence-electron chi connectivity index (χ0n) is 42.0. The first-order chi connectivity index (χ1) is 33.8. The average molecular weight is 1170 g/mol. The summed E-state index contributed by atoms with van der Waals surface area (Å²) in [5.41, 5.74) is 9.01. The van der Waals surface area contributed by atoms with Gasteiger partial charge in [-0.15, -0.1) is 24.0 Å². The molecule has 0 saturated heterocycles. The van der Waals surface area contributed by atoms with Crippen molar-refractivity contribution in [2.24, 2.45) is 0 Å². The maximum Gasteiger partial charge on any atom is 1.00 e. The number of hydrogen-bond donors (Lipinski definition) is 3. The number of ether oxygens (including phenoxy) is 4. The topological polar surface area (TPSA) is 210 Å². The van der Waals surface area contributed by atoms with Crippen molar-refractivity contribution >= 4 is 67.3 Å². The number of methoxy groups -OCH3 is 4. The van der Waals surface area contributed by atoms with Gasteiger partial charge in [-0.1, -0.05) is 67.1 Å². The van der Waals surface area contributed by atoms with Gasteiger partial charge in [-0.2, -0.15) is 0 Å². The number of nitrogens with zero attached hydrogens (tertiary/aromatic N) is 5. The van der Waals surface area contributed by atoms with Crippen molar-refractivity contribution in [2.75, 3.05) is 48.5 Å². The fourth-order valence-corrected chi connectivity index (χ4v) is 8.54. The molecule has 0 unspecified atom stereocenters. The number of nitrogens with one attached hydrogen (secondary N) is 2. The largest absolute Gasteiger partial charge is 1.00 e. The van der Waals surface area contributed by atoms with Gasteiger partial charge in [0.25, 0.3) is 20.0 Å². The Labute approximate surface area is 491 Å². The van der Waals surface area contributed by atoms with E-state index in [0.29, 0.717) is 41.1 Å². The number of aryl methyl sites for hydroxylation is 2. The van der Waals surface area contributed by atoms with Crippen molar-refractivity contribution in [1.29, 1.82) is 0 Å². The van der Waals surface area contributed by atoms with Crippen LogP contribution in [-0.4, -0.2) is 65.2 Å². The van der Waals surface area contributed by atoms with Gasteiger partial charge in [-0.3, -0.25) is 4.72 Å². The molecule has 20 heteroatoms. The van der Waals surface area contributed by atoms with Crippen LogP contribution in [0.15, 0.2) is 192 Å². The van der Waals surface area contributed by atoms with Gasteiger partial charge in [0.15, 0.2) is 0 Å². The number of hydrogen-bond acceptors (Lipinski definition) is 14. The van der Waals surface area contributed by atoms with Crippen LogP contribution in [0, 0.1) is 13.8 Å². The van der Waals surface area contributed by atoms with Gasteiger partial charge in [-0.25, -0.2) is 41.1 Å². The Morgan fingerprint density at radius 3 is 1.45 bits per heavy atom. The number of nitrogens with two attached hydrogens (primary N) is 1. The molecule has 0 fully saturated rings. The second-order valence-electron chi connectivity index (χ2n) is 14.8. The van der Waals surface area contributed by atoms with Gasteiger partial charge in [0.05, 0.1) is 44.8 Å². The molecule has 0 radical (unpaired) electrons. The van der Waals surface area contributed by atoms with Gasteiger partial charge >= 0.3 is 51.4 Å². The molecule has 4 N–H and O–H groups in total. The molecule has 0 aliphatic rings. The van der Waals surface area contributed by atoms with Crippen LogP contribution >= 0.6 is 24.0 Å². The SMILES string of the molecule is C.COc1ccc(CN(c2ccccn2)S(=O)(=O)c2ccc(C)cc2)c(OC)c1.COc1ccc(CNc2ccccn2)c(OC)c1.Cc1ccc(S(=O)(=O)Nc2ccccn2)cc1.I.Nc1ccccn1.[H-].[K+]. The fraction of sp³-hybridized carbons (Fsp3) is 0.170. The van der Waals surface area contributed by atoms with Gasteiger partial charge < -0.3 is 31.4 Å². The van der Waals surface area contributed by atoms with E-state index in [-0.39, 0.29) is 101 Å². The van der Waals surface area contributed by atoms with Gasteiger partial charge in [0.1, 0.15) is 46.3 Å². The quantitative estimate of drug-likeness (QED) is 0.0663. The summed E-state index contributed by atoms with van der Waals surface area (Å²) in [6.07, 6.45) is 6.52. The van der Waals surface area contributed by atoms with Crippen molar-refractivity contribution in [3.05, 3.63) is 205 Å². The number of nitrogen functional groups attached to an aromatic ring is 1. The van der Waals surface area contributed by atoms with Crippen LogP contribution in [0.25, 0.3) is 0 Å². The predicted octanol–water partition coefficient (Wildman–Crippen LogP) is 7.74. The van der Waals surface area contributed by atoms with Crippen LogP contribution in [-0.2, 0) is 33.1 Å². The molecular weight excluding hydrogens is 1110 g/mol. The van der Waals surface area contributed by atoms with Crippen LogP contribution in [0.5, 0.6) is 23.0 Å². The molecular formula is C53H62IKN8O8S2. The summed E-state index contributed by atoms with van der Waals surface area (Å²) >= 11 is 0. The summed E-state index contributed by atoms with van der Waals surface area (Å²) in [4.78, 5) is 16.6. The zero-order chi connectivity index (χ0) is 50.4. The average Bonchev–Trinajstić information content (AvgIpc) is 3.39. The van der Waals surface area contributed by atoms with E-state index in [1.165, 1.54) is 17.6 Å². The van der Waals surface area contributed by atoms with E-state index in [1.807, 2.05) is 62.4 Å². The van der Waals surface area contributed by atoms with Gasteiger partial charge in [0.2, 0.25) is 0 Å². The van der Waals surface area contributed by atoms with Crippen LogP contribution in [0.3, 0.4) is 0 Å². The van der Waals surface area contributed by atoms with Crippen molar-refractivity contribution < 1.29 is 88.6 Å². The second-order valence-corrected chi connectivity index (χ2v) is 18.4. The van der Waals surface area contributed by atoms with E-state index < -0.39 is 20.0 Å². The number of pyridine rings is 4. The molecule has 8 aromatic rings. The summed E-state index contributed by atoms with van der Waals surface area (Å²) in [5, 5.41) is 3.24. The molecule has 0 spiro atoms. The molecule has 8 rings (SSSR count). The number of benzene rings is 4. The Morgan fingerprint density at radius 1 is 0.548 bits per heavy atom. The smallest absolute Gasteiger partial charge is 1.00 e. The predicted molar refractivity (Wildman–Crippen MR) is 298 cm³/mol. The van der Waals surface area contributed by atoms with E-state index in [4.69, 9.17) is 24.7 Å². The van der Waals surface area contributed by atoms with E-state index in [1.54, 1.807) is 149 Å². The van der Waals surface area contributed by atoms with Crippen LogP contribution in [0.1, 0.15) is 31.1 Å². The molecule has 0 aliphatic heterocycles. The molecule has 4 aromatic carbocycles. The van der Waals surface area contributed by atoms with E-state index in [2.05, 4.69) is 30.0 Å². The third-order valence-electron chi connectivity index (χ3n) is 9.86. The Morgan fingerprint density at radius 2 is 1.01 bits per heavy atom. The van der Waals surface area contributed by atoms with Gasteiger partial charge in [0, 0.05) is 54.6 Å². The standard InChI is InChI=1S/C21H22N2O4S.C14H16N2O2.C12H12N2O2S.C5H6N2.CH4.HI.K.H/c1-16-7-11-19(12-8-16)28(24,25)23(21-6-4-5-13-22-21)15-17-9-10-18(26-2)14-20(17)27-3;1-17-12-7-6-11(13(9-12)18-2)10-16-14-5-3-4-8-15-14;1-10-5-7-11(8-6-10)17(15,16)14-12-4-2-3-9-13-12;6-5-3-1-2-4-7-5;;;;/h4-14H,15H2,1-3H3;3-9H,10H2,1-2H3,(H,15,16);2-9H,1H3,(H,13,14);1-4H,(H2,6,7);1H4;1H;;/q;;;;;;+1;-1. The van der Waals surface area contributed by atoms with Crippen LogP contribution < -0.4 is 90.4 Å². The third kappa shape index (κ3) is 20.2. The fourth-order valence-electron chi connectivity index (χ4n) is 6.13. The number of rotatable bonds is 15. The number of aromatic nitrogens is 4. The minimum absolute atomic E-state index is 0. The zero-order valence-corrected chi connectivity index (χ0v) is 48.1. The summed E-state index contributed by atoms with van der Waals surface area (Å²) < 4.78 is 75.6. The van der Waals surface area contributed by atoms with Crippen molar-refractivity contribution in [3.63, 3.8) is 0 Å². The minimum Gasteiger partial charge on any atom is -1.00 e. The van der Waals surface area contributed by atoms with Gasteiger partial charge in [-0.05, 0) is 111 Å². The third-order valence-corrected chi connectivity index (χ3v) is 13.0. The first-order valence-electron chi connectivity index (χ1n) is 21.5. The minimum atomic E-state index is -3.83. The summed E-state index contributed by atoms with van der Waals surface area (Å²) in [6, 6.07) is 45.9. The van der Waals surface area contributed by atoms with Crippen LogP contribution in [0.4, 0.5) is 23.3 Å². The first kappa shape index (κ1) is 63.3. The van der Waals surface area contributed by atoms with E-state index in [9.17, 15) is 16.8 Å². The number of sulfonamides is 2. The van der Waals surface area contributed by atoms with Crippen molar-refractivity contribution in [2.45, 2.75) is 44.2 Å². The Bertz CT molecular complexity index is 3060. The molecule has 4 heterocycles. The molecule has 0 saturated carbocycles. The molecule has 16 nitrogen and oxygen atoms in total. The molecule has 73 heavy (non-hydrogen) atoms. The monoisotopic (exact) mass is 1170 g/mol. The molecule has 0 aliphatic carbocycles. The second kappa shape index (κ2) is 32.4. The van der Waals surface area contributed by atoms with Crippen molar-refractivity contribution in [3.8, 4) is 23.0 Å². The molecule has 382 valence electrons. The number of halogens is 1. The Balaban J connectivity index is 0.000000522. The summed E-state index contributed by atoms with van der Waals surface area (Å²) in [5.74, 6) is 4.82. The Kier molecular flexibility index (Phi) is 28.0. The van der Waals surface area contributed by atoms with E-state index in [0.717, 1.165) is 34.0 Å². The van der Waals surface area contributed by atoms with Crippen LogP contribution in [0.2, 0.25) is 0 Å². The molecule has 0 atom stereocenters. The maximum absolute atomic E-state index is 13.4. The van der Waals surface area contributed by atoms with Crippen molar-refractivity contribution in [1.82, 2.24) is 19.9 Å². The normalized spacial score (nSPS) is 10.1. The maximum atomic E-state index is 13.4. The molecule has 0 amide bonds. The first-order valence-corrected chi connectivity index (χ1v) is 24.4. The Hall–Kier alpha value is -5.85. The summed E-state index contributed by atoms with van der Waals surface area (Å²) in [6.45, 7) is 4.54. The molecule has 4 aromatic heterocycles. The van der Waals surface area contributed by atoms with E-state index >= 15 is 0 Å². The molecule has 0 bridgehead atoms. The number of anilines is 4.